The molecule has 0 N–H and O–H groups in total. The third-order valence-corrected chi connectivity index (χ3v) is 7.86. The van der Waals surface area contributed by atoms with Gasteiger partial charge in [0.15, 0.2) is 22.2 Å². The van der Waals surface area contributed by atoms with Crippen LogP contribution in [0.15, 0.2) is 28.0 Å². The van der Waals surface area contributed by atoms with Gasteiger partial charge < -0.3 is 4.74 Å². The van der Waals surface area contributed by atoms with Gasteiger partial charge in [-0.1, -0.05) is 0 Å². The summed E-state index contributed by atoms with van der Waals surface area (Å²) in [4.78, 5) is 17.1. The smallest absolute Gasteiger partial charge is 0.458 e. The van der Waals surface area contributed by atoms with E-state index >= 15 is 0 Å². The Kier molecular flexibility index (Phi) is 9.59. The van der Waals surface area contributed by atoms with Gasteiger partial charge in [-0.15, -0.1) is 0 Å². The van der Waals surface area contributed by atoms with Crippen LogP contribution in [0.2, 0.25) is 0 Å². The second-order valence-electron chi connectivity index (χ2n) is 7.61. The molecule has 1 aromatic rings. The van der Waals surface area contributed by atoms with E-state index in [0.717, 1.165) is 0 Å². The number of hydrogen-bond acceptors (Lipinski definition) is 8. The van der Waals surface area contributed by atoms with Crippen LogP contribution in [-0.2, 0) is 29.2 Å². The fourth-order valence-corrected chi connectivity index (χ4v) is 4.57. The predicted octanol–water partition coefficient (Wildman–Crippen LogP) is 4.65. The Morgan fingerprint density at radius 3 is 1.71 bits per heavy atom. The lowest BCUT2D eigenvalue weighted by Gasteiger charge is -2.38. The van der Waals surface area contributed by atoms with E-state index in [1.165, 1.54) is 0 Å². The molecule has 242 valence electrons. The predicted molar refractivity (Wildman–Crippen MR) is 100 cm³/mol. The van der Waals surface area contributed by atoms with Gasteiger partial charge in [0.25, 0.3) is 15.5 Å². The van der Waals surface area contributed by atoms with Crippen molar-refractivity contribution in [2.75, 3.05) is 12.4 Å². The van der Waals surface area contributed by atoms with Crippen molar-refractivity contribution in [3.63, 3.8) is 0 Å². The van der Waals surface area contributed by atoms with Crippen molar-refractivity contribution in [2.24, 2.45) is 0 Å². The number of rotatable bonds is 12. The molecule has 42 heavy (non-hydrogen) atoms. The molecule has 0 aliphatic carbocycles. The number of halogens is 15. The molecule has 0 amide bonds. The summed E-state index contributed by atoms with van der Waals surface area (Å²) in [7, 11) is -12.0. The molecule has 9 nitrogen and oxygen atoms in total. The summed E-state index contributed by atoms with van der Waals surface area (Å²) in [6, 6.07) is -0.888. The number of sulfone groups is 2. The maximum absolute atomic E-state index is 13.7. The lowest BCUT2D eigenvalue weighted by Crippen LogP contribution is -2.69. The van der Waals surface area contributed by atoms with Crippen molar-refractivity contribution in [2.45, 2.75) is 51.3 Å². The zero-order valence-electron chi connectivity index (χ0n) is 18.9. The number of alkyl halides is 15. The molecule has 0 fully saturated rings. The summed E-state index contributed by atoms with van der Waals surface area (Å²) in [5.74, 6) is -43.0. The molecule has 0 aromatic heterocycles. The SMILES string of the molecule is O=C(CS(=O)(=O)c1ccc(S(=O)(=O)C(F)(F)F)cc1[N+](=O)[O-])OCC(F)(F)C(F)(F)C(F)(F)C(F)(F)C(F)(F)C(F)F. The molecular formula is C16H8F15NO8S2. The van der Waals surface area contributed by atoms with Crippen molar-refractivity contribution in [3.05, 3.63) is 28.3 Å². The van der Waals surface area contributed by atoms with Crippen LogP contribution in [0.5, 0.6) is 0 Å². The van der Waals surface area contributed by atoms with Crippen molar-refractivity contribution in [3.8, 4) is 0 Å². The number of carbonyl (C=O) groups is 1. The van der Waals surface area contributed by atoms with Gasteiger partial charge in [-0.3, -0.25) is 14.9 Å². The summed E-state index contributed by atoms with van der Waals surface area (Å²) < 4.78 is 246. The Morgan fingerprint density at radius 2 is 1.31 bits per heavy atom. The first-order valence-corrected chi connectivity index (χ1v) is 12.6. The lowest BCUT2D eigenvalue weighted by molar-refractivity contribution is -0.414. The van der Waals surface area contributed by atoms with E-state index < -0.39 is 106 Å². The molecule has 0 radical (unpaired) electrons. The Bertz CT molecular complexity index is 1440. The molecule has 0 heterocycles. The van der Waals surface area contributed by atoms with Crippen LogP contribution in [0.25, 0.3) is 0 Å². The Hall–Kier alpha value is -3.06. The monoisotopic (exact) mass is 691 g/mol. The number of nitrogens with zero attached hydrogens (tertiary/aromatic N) is 1. The van der Waals surface area contributed by atoms with E-state index in [9.17, 15) is 97.6 Å². The Morgan fingerprint density at radius 1 is 0.833 bits per heavy atom. The average molecular weight is 691 g/mol. The molecule has 0 aliphatic heterocycles. The molecule has 0 aliphatic rings. The maximum Gasteiger partial charge on any atom is 0.501 e. The van der Waals surface area contributed by atoms with Crippen LogP contribution < -0.4 is 0 Å². The van der Waals surface area contributed by atoms with E-state index in [2.05, 4.69) is 4.74 Å². The molecule has 1 aromatic carbocycles. The van der Waals surface area contributed by atoms with E-state index in [-0.39, 0.29) is 12.1 Å². The zero-order chi connectivity index (χ0) is 33.7. The van der Waals surface area contributed by atoms with Crippen LogP contribution >= 0.6 is 0 Å². The van der Waals surface area contributed by atoms with Crippen molar-refractivity contribution < 1.29 is 97.1 Å². The van der Waals surface area contributed by atoms with E-state index in [1.807, 2.05) is 0 Å². The number of benzene rings is 1. The summed E-state index contributed by atoms with van der Waals surface area (Å²) in [6.45, 7) is -3.52. The highest BCUT2D eigenvalue weighted by molar-refractivity contribution is 7.92. The summed E-state index contributed by atoms with van der Waals surface area (Å²) >= 11 is 0. The first kappa shape index (κ1) is 37.0. The van der Waals surface area contributed by atoms with Gasteiger partial charge in [-0.25, -0.2) is 25.6 Å². The Balaban J connectivity index is 3.32. The fraction of sp³-hybridized carbons (Fsp3) is 0.562. The summed E-state index contributed by atoms with van der Waals surface area (Å²) in [6.07, 6.45) is -5.79. The standard InChI is InChI=1S/C16H8F15NO8S2/c17-10(18)12(21,22)14(25,26)15(27,28)13(23,24)11(19,20)5-40-9(33)4-41(36,37)8-2-1-6(3-7(8)32(34)35)42(38,39)16(29,30)31/h1-3,10H,4-5H2. The maximum atomic E-state index is 13.7. The van der Waals surface area contributed by atoms with Gasteiger partial charge in [-0.05, 0) is 12.1 Å². The molecule has 0 spiro atoms. The molecule has 0 saturated heterocycles. The van der Waals surface area contributed by atoms with Crippen LogP contribution in [0.1, 0.15) is 0 Å². The highest BCUT2D eigenvalue weighted by Crippen LogP contribution is 2.58. The van der Waals surface area contributed by atoms with Crippen LogP contribution in [-0.4, -0.2) is 81.6 Å². The van der Waals surface area contributed by atoms with Gasteiger partial charge in [0.1, 0.15) is 4.90 Å². The number of carbonyl (C=O) groups excluding carboxylic acids is 1. The second-order valence-corrected chi connectivity index (χ2v) is 11.5. The van der Waals surface area contributed by atoms with Gasteiger partial charge in [0, 0.05) is 6.07 Å². The number of esters is 1. The van der Waals surface area contributed by atoms with E-state index in [4.69, 9.17) is 0 Å². The van der Waals surface area contributed by atoms with Gasteiger partial charge in [0.2, 0.25) is 0 Å². The largest absolute Gasteiger partial charge is 0.501 e. The number of hydrogen-bond donors (Lipinski definition) is 0. The molecule has 0 saturated carbocycles. The van der Waals surface area contributed by atoms with Crippen LogP contribution in [0, 0.1) is 10.1 Å². The summed E-state index contributed by atoms with van der Waals surface area (Å²) in [5, 5.41) is 11.1. The minimum atomic E-state index is -8.00. The van der Waals surface area contributed by atoms with Gasteiger partial charge >= 0.3 is 47.5 Å². The third kappa shape index (κ3) is 6.17. The minimum absolute atomic E-state index is 0.194. The van der Waals surface area contributed by atoms with Crippen molar-refractivity contribution >= 4 is 31.3 Å². The second kappa shape index (κ2) is 10.9. The molecule has 0 atom stereocenters. The number of nitro groups is 1. The minimum Gasteiger partial charge on any atom is -0.458 e. The average Bonchev–Trinajstić information content (AvgIpc) is 2.80. The highest BCUT2D eigenvalue weighted by Gasteiger charge is 2.87. The normalized spacial score (nSPS) is 14.7. The summed E-state index contributed by atoms with van der Waals surface area (Å²) in [5.41, 5.74) is -8.07. The third-order valence-electron chi connectivity index (χ3n) is 4.74. The number of ether oxygens (including phenoxy) is 1. The van der Waals surface area contributed by atoms with Gasteiger partial charge in [0.05, 0.1) is 9.82 Å². The van der Waals surface area contributed by atoms with E-state index in [1.54, 1.807) is 0 Å². The van der Waals surface area contributed by atoms with Crippen molar-refractivity contribution in [1.29, 1.82) is 0 Å². The molecule has 26 heteroatoms. The molecule has 0 unspecified atom stereocenters. The van der Waals surface area contributed by atoms with Gasteiger partial charge in [-0.2, -0.15) is 57.1 Å². The molecular weight excluding hydrogens is 683 g/mol. The van der Waals surface area contributed by atoms with Crippen LogP contribution in [0.3, 0.4) is 0 Å². The van der Waals surface area contributed by atoms with Crippen LogP contribution in [0.4, 0.5) is 71.5 Å². The number of nitro benzene ring substituents is 1. The highest BCUT2D eigenvalue weighted by atomic mass is 32.2. The zero-order valence-corrected chi connectivity index (χ0v) is 20.6. The van der Waals surface area contributed by atoms with Crippen molar-refractivity contribution in [1.82, 2.24) is 0 Å². The molecule has 0 bridgehead atoms. The lowest BCUT2D eigenvalue weighted by atomic mass is 9.94. The van der Waals surface area contributed by atoms with E-state index in [0.29, 0.717) is 0 Å². The quantitative estimate of drug-likeness (QED) is 0.134. The first-order valence-electron chi connectivity index (χ1n) is 9.48. The topological polar surface area (TPSA) is 138 Å². The Labute approximate surface area is 221 Å². The molecule has 1 rings (SSSR count). The first-order chi connectivity index (χ1) is 18.3. The fourth-order valence-electron chi connectivity index (χ4n) is 2.51.